The molecule has 1 aromatic rings. The maximum absolute atomic E-state index is 11.5. The Kier molecular flexibility index (Phi) is 5.11. The van der Waals surface area contributed by atoms with Crippen molar-refractivity contribution in [1.82, 2.24) is 5.32 Å². The van der Waals surface area contributed by atoms with Crippen LogP contribution in [0.4, 0.5) is 0 Å². The van der Waals surface area contributed by atoms with Gasteiger partial charge in [-0.3, -0.25) is 9.59 Å². The second-order valence-electron chi connectivity index (χ2n) is 3.62. The topological polar surface area (TPSA) is 98.2 Å². The van der Waals surface area contributed by atoms with E-state index in [2.05, 4.69) is 21.2 Å². The third-order valence-corrected chi connectivity index (χ3v) is 2.61. The molecule has 1 unspecified atom stereocenters. The van der Waals surface area contributed by atoms with Crippen molar-refractivity contribution in [2.75, 3.05) is 0 Å². The fourth-order valence-corrected chi connectivity index (χ4v) is 1.72. The number of hydrogen-bond acceptors (Lipinski definition) is 3. The molecule has 92 valence electrons. The summed E-state index contributed by atoms with van der Waals surface area (Å²) in [4.78, 5) is 22.1. The van der Waals surface area contributed by atoms with Gasteiger partial charge in [0, 0.05) is 11.0 Å². The van der Waals surface area contributed by atoms with Crippen molar-refractivity contribution in [2.45, 2.75) is 19.0 Å². The Labute approximate surface area is 108 Å². The lowest BCUT2D eigenvalue weighted by Gasteiger charge is -2.10. The molecule has 5 nitrogen and oxygen atoms in total. The molecule has 0 spiro atoms. The monoisotopic (exact) mass is 299 g/mol. The average Bonchev–Trinajstić information content (AvgIpc) is 2.25. The van der Waals surface area contributed by atoms with E-state index in [4.69, 9.17) is 11.5 Å². The van der Waals surface area contributed by atoms with Gasteiger partial charge in [0.2, 0.25) is 11.8 Å². The zero-order valence-corrected chi connectivity index (χ0v) is 10.7. The van der Waals surface area contributed by atoms with Gasteiger partial charge in [0.15, 0.2) is 0 Å². The lowest BCUT2D eigenvalue weighted by Crippen LogP contribution is -2.42. The first-order valence-corrected chi connectivity index (χ1v) is 5.84. The highest BCUT2D eigenvalue weighted by atomic mass is 79.9. The van der Waals surface area contributed by atoms with Crippen molar-refractivity contribution in [3.63, 3.8) is 0 Å². The predicted octanol–water partition coefficient (Wildman–Crippen LogP) is 0.268. The minimum Gasteiger partial charge on any atom is -0.370 e. The summed E-state index contributed by atoms with van der Waals surface area (Å²) in [6.07, 6.45) is -0.148. The van der Waals surface area contributed by atoms with Crippen molar-refractivity contribution in [2.24, 2.45) is 11.5 Å². The highest BCUT2D eigenvalue weighted by Gasteiger charge is 2.15. The van der Waals surface area contributed by atoms with E-state index >= 15 is 0 Å². The molecule has 0 heterocycles. The van der Waals surface area contributed by atoms with Crippen molar-refractivity contribution >= 4 is 27.7 Å². The van der Waals surface area contributed by atoms with E-state index < -0.39 is 11.9 Å². The van der Waals surface area contributed by atoms with Crippen LogP contribution in [-0.4, -0.2) is 17.9 Å². The molecule has 0 radical (unpaired) electrons. The van der Waals surface area contributed by atoms with Crippen LogP contribution in [0.15, 0.2) is 28.7 Å². The van der Waals surface area contributed by atoms with Crippen LogP contribution in [0.5, 0.6) is 0 Å². The van der Waals surface area contributed by atoms with Crippen LogP contribution in [-0.2, 0) is 16.1 Å². The van der Waals surface area contributed by atoms with E-state index in [1.165, 1.54) is 0 Å². The number of benzene rings is 1. The second kappa shape index (κ2) is 6.36. The van der Waals surface area contributed by atoms with Gasteiger partial charge < -0.3 is 16.8 Å². The molecule has 1 rings (SSSR count). The highest BCUT2D eigenvalue weighted by molar-refractivity contribution is 9.10. The van der Waals surface area contributed by atoms with Crippen molar-refractivity contribution < 1.29 is 9.59 Å². The molecule has 0 saturated heterocycles. The van der Waals surface area contributed by atoms with Crippen LogP contribution < -0.4 is 16.8 Å². The van der Waals surface area contributed by atoms with Gasteiger partial charge in [-0.2, -0.15) is 0 Å². The van der Waals surface area contributed by atoms with E-state index in [1.54, 1.807) is 0 Å². The summed E-state index contributed by atoms with van der Waals surface area (Å²) in [7, 11) is 0. The zero-order chi connectivity index (χ0) is 12.8. The summed E-state index contributed by atoms with van der Waals surface area (Å²) in [5.74, 6) is -0.973. The first kappa shape index (κ1) is 13.7. The van der Waals surface area contributed by atoms with E-state index in [0.29, 0.717) is 6.54 Å². The normalized spacial score (nSPS) is 11.9. The maximum Gasteiger partial charge on any atom is 0.237 e. The molecular weight excluding hydrogens is 286 g/mol. The van der Waals surface area contributed by atoms with Gasteiger partial charge in [0.1, 0.15) is 0 Å². The first-order valence-electron chi connectivity index (χ1n) is 5.05. The van der Waals surface area contributed by atoms with Crippen LogP contribution in [0.2, 0.25) is 0 Å². The number of primary amides is 1. The Bertz CT molecular complexity index is 423. The Balaban J connectivity index is 2.45. The first-order chi connectivity index (χ1) is 7.99. The molecule has 0 fully saturated rings. The smallest absolute Gasteiger partial charge is 0.237 e. The minimum absolute atomic E-state index is 0.148. The van der Waals surface area contributed by atoms with E-state index in [9.17, 15) is 9.59 Å². The summed E-state index contributed by atoms with van der Waals surface area (Å²) >= 11 is 3.33. The summed E-state index contributed by atoms with van der Waals surface area (Å²) < 4.78 is 0.936. The fraction of sp³-hybridized carbons (Fsp3) is 0.273. The molecule has 0 aliphatic heterocycles. The van der Waals surface area contributed by atoms with Gasteiger partial charge in [0.05, 0.1) is 12.5 Å². The Morgan fingerprint density at radius 2 is 2.12 bits per heavy atom. The molecular formula is C11H14BrN3O2. The molecule has 0 bridgehead atoms. The lowest BCUT2D eigenvalue weighted by atomic mass is 10.2. The fourth-order valence-electron chi connectivity index (χ4n) is 1.28. The largest absolute Gasteiger partial charge is 0.370 e. The minimum atomic E-state index is -0.889. The Morgan fingerprint density at radius 1 is 1.41 bits per heavy atom. The summed E-state index contributed by atoms with van der Waals surface area (Å²) in [5.41, 5.74) is 11.4. The SMILES string of the molecule is NC(=O)CC(N)C(=O)NCc1cccc(Br)c1. The third-order valence-electron chi connectivity index (χ3n) is 2.11. The Morgan fingerprint density at radius 3 is 2.71 bits per heavy atom. The molecule has 1 atom stereocenters. The molecule has 0 aliphatic rings. The van der Waals surface area contributed by atoms with E-state index in [1.807, 2.05) is 24.3 Å². The van der Waals surface area contributed by atoms with Gasteiger partial charge in [-0.25, -0.2) is 0 Å². The molecule has 6 heteroatoms. The van der Waals surface area contributed by atoms with Crippen molar-refractivity contribution in [3.8, 4) is 0 Å². The number of amides is 2. The average molecular weight is 300 g/mol. The van der Waals surface area contributed by atoms with Crippen LogP contribution in [0.1, 0.15) is 12.0 Å². The van der Waals surface area contributed by atoms with Gasteiger partial charge in [-0.1, -0.05) is 28.1 Å². The number of hydrogen-bond donors (Lipinski definition) is 3. The van der Waals surface area contributed by atoms with Crippen molar-refractivity contribution in [3.05, 3.63) is 34.3 Å². The molecule has 0 aliphatic carbocycles. The maximum atomic E-state index is 11.5. The summed E-state index contributed by atoms with van der Waals surface area (Å²) in [6.45, 7) is 0.366. The molecule has 1 aromatic carbocycles. The number of rotatable bonds is 5. The number of carbonyl (C=O) groups excluding carboxylic acids is 2. The second-order valence-corrected chi connectivity index (χ2v) is 4.54. The molecule has 0 saturated carbocycles. The predicted molar refractivity (Wildman–Crippen MR) is 67.8 cm³/mol. The lowest BCUT2D eigenvalue weighted by molar-refractivity contribution is -0.126. The van der Waals surface area contributed by atoms with Crippen molar-refractivity contribution in [1.29, 1.82) is 0 Å². The quantitative estimate of drug-likeness (QED) is 0.728. The van der Waals surface area contributed by atoms with Crippen LogP contribution in [0.3, 0.4) is 0 Å². The molecule has 5 N–H and O–H groups in total. The van der Waals surface area contributed by atoms with Gasteiger partial charge in [-0.05, 0) is 17.7 Å². The number of nitrogens with two attached hydrogens (primary N) is 2. The van der Waals surface area contributed by atoms with Crippen LogP contribution in [0.25, 0.3) is 0 Å². The molecule has 0 aromatic heterocycles. The zero-order valence-electron chi connectivity index (χ0n) is 9.15. The van der Waals surface area contributed by atoms with Crippen LogP contribution in [0, 0.1) is 0 Å². The highest BCUT2D eigenvalue weighted by Crippen LogP contribution is 2.11. The van der Waals surface area contributed by atoms with Gasteiger partial charge in [-0.15, -0.1) is 0 Å². The standard InChI is InChI=1S/C11H14BrN3O2/c12-8-3-1-2-7(4-8)6-15-11(17)9(13)5-10(14)16/h1-4,9H,5-6,13H2,(H2,14,16)(H,15,17). The molecule has 17 heavy (non-hydrogen) atoms. The summed E-state index contributed by atoms with van der Waals surface area (Å²) in [6, 6.07) is 6.64. The van der Waals surface area contributed by atoms with Gasteiger partial charge in [0.25, 0.3) is 0 Å². The van der Waals surface area contributed by atoms with Crippen LogP contribution >= 0.6 is 15.9 Å². The number of nitrogens with one attached hydrogen (secondary N) is 1. The third kappa shape index (κ3) is 4.97. The van der Waals surface area contributed by atoms with Gasteiger partial charge >= 0.3 is 0 Å². The number of carbonyl (C=O) groups is 2. The van der Waals surface area contributed by atoms with E-state index in [-0.39, 0.29) is 12.3 Å². The number of halogens is 1. The van der Waals surface area contributed by atoms with E-state index in [0.717, 1.165) is 10.0 Å². The Hall–Kier alpha value is -1.40. The summed E-state index contributed by atoms with van der Waals surface area (Å²) in [5, 5.41) is 2.64. The molecule has 2 amide bonds.